The Bertz CT molecular complexity index is 314. The fourth-order valence-corrected chi connectivity index (χ4v) is 2.27. The molecule has 1 atom stereocenters. The molecule has 1 unspecified atom stereocenters. The van der Waals surface area contributed by atoms with Crippen LogP contribution in [0.5, 0.6) is 5.75 Å². The summed E-state index contributed by atoms with van der Waals surface area (Å²) in [6.07, 6.45) is 3.98. The zero-order chi connectivity index (χ0) is 11.4. The lowest BCUT2D eigenvalue weighted by Gasteiger charge is -2.32. The first-order valence-corrected chi connectivity index (χ1v) is 6.02. The molecule has 1 heterocycles. The van der Waals surface area contributed by atoms with E-state index in [2.05, 4.69) is 24.0 Å². The summed E-state index contributed by atoms with van der Waals surface area (Å²) in [5.41, 5.74) is 1.28. The monoisotopic (exact) mass is 218 g/mol. The molecule has 1 aromatic rings. The summed E-state index contributed by atoms with van der Waals surface area (Å²) in [4.78, 5) is 2.46. The summed E-state index contributed by atoms with van der Waals surface area (Å²) in [6.45, 7) is 6.63. The van der Waals surface area contributed by atoms with Crippen LogP contribution in [0.1, 0.15) is 30.9 Å². The number of nitrogens with zero attached hydrogens (tertiary/aromatic N) is 1. The van der Waals surface area contributed by atoms with Gasteiger partial charge in [0.15, 0.2) is 0 Å². The molecule has 0 spiro atoms. The Morgan fingerprint density at radius 3 is 2.31 bits per heavy atom. The molecule has 0 N–H and O–H groups in total. The molecule has 16 heavy (non-hydrogen) atoms. The molecule has 0 bridgehead atoms. The first-order chi connectivity index (χ1) is 7.81. The number of methoxy groups -OCH3 is 1. The first-order valence-electron chi connectivity index (χ1n) is 6.02. The normalized spacial score (nSPS) is 19.4. The van der Waals surface area contributed by atoms with Gasteiger partial charge >= 0.3 is 0 Å². The topological polar surface area (TPSA) is 12.5 Å². The van der Waals surface area contributed by atoms with Gasteiger partial charge in [-0.3, -0.25) is 4.90 Å². The molecule has 0 amide bonds. The lowest BCUT2D eigenvalue weighted by Crippen LogP contribution is -2.32. The van der Waals surface area contributed by atoms with E-state index in [1.54, 1.807) is 7.11 Å². The maximum atomic E-state index is 5.16. The lowest BCUT2D eigenvalue weighted by molar-refractivity contribution is 0.190. The van der Waals surface area contributed by atoms with Crippen LogP contribution in [0.15, 0.2) is 24.3 Å². The minimum Gasteiger partial charge on any atom is -0.497 e. The Kier molecular flexibility index (Phi) is 3.83. The van der Waals surface area contributed by atoms with E-state index in [1.807, 2.05) is 12.1 Å². The van der Waals surface area contributed by atoms with Gasteiger partial charge in [0, 0.05) is 6.04 Å². The van der Waals surface area contributed by atoms with Gasteiger partial charge in [-0.25, -0.2) is 0 Å². The fourth-order valence-electron chi connectivity index (χ4n) is 2.27. The highest BCUT2D eigenvalue weighted by molar-refractivity contribution is 5.29. The Balaban J connectivity index is 2.04. The van der Waals surface area contributed by atoms with Crippen LogP contribution in [0.3, 0.4) is 0 Å². The standard InChI is InChI=1S/C14H20NO/c1-12(15-10-4-3-5-11-15)13-6-8-14(16-2)9-7-13/h6-9,12H,1,3-5,10-11H2,2H3. The van der Waals surface area contributed by atoms with E-state index in [1.165, 1.54) is 37.9 Å². The van der Waals surface area contributed by atoms with E-state index in [-0.39, 0.29) is 6.04 Å². The minimum absolute atomic E-state index is 0.284. The predicted molar refractivity (Wildman–Crippen MR) is 66.5 cm³/mol. The molecule has 1 saturated heterocycles. The van der Waals surface area contributed by atoms with Gasteiger partial charge < -0.3 is 4.74 Å². The number of hydrogen-bond donors (Lipinski definition) is 0. The highest BCUT2D eigenvalue weighted by Crippen LogP contribution is 2.25. The van der Waals surface area contributed by atoms with E-state index >= 15 is 0 Å². The molecule has 2 heteroatoms. The zero-order valence-electron chi connectivity index (χ0n) is 9.98. The minimum atomic E-state index is 0.284. The number of hydrogen-bond acceptors (Lipinski definition) is 2. The second kappa shape index (κ2) is 5.35. The van der Waals surface area contributed by atoms with Gasteiger partial charge in [0.1, 0.15) is 5.75 Å². The number of benzene rings is 1. The molecule has 1 radical (unpaired) electrons. The van der Waals surface area contributed by atoms with Crippen LogP contribution in [0.4, 0.5) is 0 Å². The molecule has 0 saturated carbocycles. The summed E-state index contributed by atoms with van der Waals surface area (Å²) < 4.78 is 5.16. The molecule has 1 fully saturated rings. The number of rotatable bonds is 3. The van der Waals surface area contributed by atoms with E-state index < -0.39 is 0 Å². The molecule has 2 nitrogen and oxygen atoms in total. The third-order valence-electron chi connectivity index (χ3n) is 3.33. The maximum absolute atomic E-state index is 5.16. The third kappa shape index (κ3) is 2.56. The van der Waals surface area contributed by atoms with Crippen molar-refractivity contribution >= 4 is 0 Å². The molecule has 0 aromatic heterocycles. The number of piperidine rings is 1. The Hall–Kier alpha value is -1.02. The second-order valence-corrected chi connectivity index (χ2v) is 4.39. The summed E-state index contributed by atoms with van der Waals surface area (Å²) in [5, 5.41) is 0. The van der Waals surface area contributed by atoms with Gasteiger partial charge in [-0.15, -0.1) is 0 Å². The van der Waals surface area contributed by atoms with Crippen LogP contribution in [-0.2, 0) is 0 Å². The predicted octanol–water partition coefficient (Wildman–Crippen LogP) is 3.06. The van der Waals surface area contributed by atoms with Crippen molar-refractivity contribution in [2.45, 2.75) is 25.3 Å². The Morgan fingerprint density at radius 1 is 1.12 bits per heavy atom. The Morgan fingerprint density at radius 2 is 1.75 bits per heavy atom. The van der Waals surface area contributed by atoms with Crippen molar-refractivity contribution in [2.24, 2.45) is 0 Å². The van der Waals surface area contributed by atoms with Crippen molar-refractivity contribution in [2.75, 3.05) is 20.2 Å². The summed E-state index contributed by atoms with van der Waals surface area (Å²) in [5.74, 6) is 0.912. The highest BCUT2D eigenvalue weighted by Gasteiger charge is 2.17. The molecule has 1 aromatic carbocycles. The van der Waals surface area contributed by atoms with Crippen molar-refractivity contribution in [1.82, 2.24) is 4.90 Å². The fraction of sp³-hybridized carbons (Fsp3) is 0.500. The molecule has 2 rings (SSSR count). The SMILES string of the molecule is [CH2]C(c1ccc(OC)cc1)N1CCCCC1. The van der Waals surface area contributed by atoms with Crippen molar-refractivity contribution in [1.29, 1.82) is 0 Å². The zero-order valence-corrected chi connectivity index (χ0v) is 9.98. The van der Waals surface area contributed by atoms with Gasteiger partial charge in [0.05, 0.1) is 7.11 Å². The van der Waals surface area contributed by atoms with Gasteiger partial charge in [-0.2, -0.15) is 0 Å². The average molecular weight is 218 g/mol. The van der Waals surface area contributed by atoms with E-state index in [9.17, 15) is 0 Å². The van der Waals surface area contributed by atoms with Crippen LogP contribution >= 0.6 is 0 Å². The smallest absolute Gasteiger partial charge is 0.118 e. The van der Waals surface area contributed by atoms with Crippen LogP contribution in [0.2, 0.25) is 0 Å². The molecular weight excluding hydrogens is 198 g/mol. The van der Waals surface area contributed by atoms with Crippen molar-refractivity contribution < 1.29 is 4.74 Å². The van der Waals surface area contributed by atoms with E-state index in [0.29, 0.717) is 0 Å². The molecule has 1 aliphatic rings. The van der Waals surface area contributed by atoms with E-state index in [0.717, 1.165) is 5.75 Å². The molecule has 1 aliphatic heterocycles. The van der Waals surface area contributed by atoms with Gasteiger partial charge in [0.2, 0.25) is 0 Å². The van der Waals surface area contributed by atoms with Gasteiger partial charge in [-0.1, -0.05) is 18.6 Å². The molecular formula is C14H20NO. The van der Waals surface area contributed by atoms with Gasteiger partial charge in [0.25, 0.3) is 0 Å². The van der Waals surface area contributed by atoms with Crippen LogP contribution < -0.4 is 4.74 Å². The summed E-state index contributed by atoms with van der Waals surface area (Å²) >= 11 is 0. The quantitative estimate of drug-likeness (QED) is 0.773. The van der Waals surface area contributed by atoms with Crippen molar-refractivity contribution in [3.05, 3.63) is 36.8 Å². The van der Waals surface area contributed by atoms with Crippen LogP contribution in [0.25, 0.3) is 0 Å². The highest BCUT2D eigenvalue weighted by atomic mass is 16.5. The second-order valence-electron chi connectivity index (χ2n) is 4.39. The van der Waals surface area contributed by atoms with Crippen LogP contribution in [-0.4, -0.2) is 25.1 Å². The van der Waals surface area contributed by atoms with Crippen LogP contribution in [0, 0.1) is 6.92 Å². The number of likely N-dealkylation sites (tertiary alicyclic amines) is 1. The molecule has 0 aliphatic carbocycles. The summed E-state index contributed by atoms with van der Waals surface area (Å²) in [7, 11) is 1.70. The molecule has 87 valence electrons. The van der Waals surface area contributed by atoms with Crippen molar-refractivity contribution in [3.8, 4) is 5.75 Å². The average Bonchev–Trinajstić information content (AvgIpc) is 2.39. The third-order valence-corrected chi connectivity index (χ3v) is 3.33. The number of ether oxygens (including phenoxy) is 1. The maximum Gasteiger partial charge on any atom is 0.118 e. The van der Waals surface area contributed by atoms with Gasteiger partial charge in [-0.05, 0) is 50.6 Å². The Labute approximate surface area is 98.2 Å². The largest absolute Gasteiger partial charge is 0.497 e. The first kappa shape index (κ1) is 11.5. The summed E-state index contributed by atoms with van der Waals surface area (Å²) in [6, 6.07) is 8.54. The van der Waals surface area contributed by atoms with E-state index in [4.69, 9.17) is 4.74 Å². The lowest BCUT2D eigenvalue weighted by atomic mass is 10.0. The van der Waals surface area contributed by atoms with Crippen molar-refractivity contribution in [3.63, 3.8) is 0 Å².